The van der Waals surface area contributed by atoms with E-state index >= 15 is 0 Å². The molecular formula is C8H14ClN3O4S. The number of methoxy groups -OCH3 is 1. The van der Waals surface area contributed by atoms with Gasteiger partial charge in [0.05, 0.1) is 13.2 Å². The minimum Gasteiger partial charge on any atom is -0.383 e. The lowest BCUT2D eigenvalue weighted by atomic mass is 10.5. The average molecular weight is 284 g/mol. The monoisotopic (exact) mass is 283 g/mol. The minimum atomic E-state index is -3.92. The Morgan fingerprint density at radius 3 is 2.65 bits per heavy atom. The van der Waals surface area contributed by atoms with Crippen LogP contribution in [0.2, 0.25) is 0 Å². The van der Waals surface area contributed by atoms with E-state index in [0.717, 1.165) is 0 Å². The molecule has 17 heavy (non-hydrogen) atoms. The second kappa shape index (κ2) is 6.29. The van der Waals surface area contributed by atoms with E-state index in [4.69, 9.17) is 20.2 Å². The van der Waals surface area contributed by atoms with Gasteiger partial charge in [-0.3, -0.25) is 4.57 Å². The van der Waals surface area contributed by atoms with Gasteiger partial charge in [0.2, 0.25) is 0 Å². The summed E-state index contributed by atoms with van der Waals surface area (Å²) in [6.45, 7) is 3.14. The molecule has 0 radical (unpaired) electrons. The quantitative estimate of drug-likeness (QED) is 0.673. The Morgan fingerprint density at radius 1 is 1.41 bits per heavy atom. The first kappa shape index (κ1) is 14.4. The van der Waals surface area contributed by atoms with E-state index < -0.39 is 9.05 Å². The summed E-state index contributed by atoms with van der Waals surface area (Å²) >= 11 is 0. The predicted molar refractivity (Wildman–Crippen MR) is 60.3 cm³/mol. The van der Waals surface area contributed by atoms with Crippen molar-refractivity contribution in [1.82, 2.24) is 14.8 Å². The number of rotatable bonds is 7. The fourth-order valence-electron chi connectivity index (χ4n) is 1.21. The van der Waals surface area contributed by atoms with Crippen molar-refractivity contribution in [1.29, 1.82) is 0 Å². The highest BCUT2D eigenvalue weighted by molar-refractivity contribution is 8.13. The molecule has 0 aliphatic heterocycles. The lowest BCUT2D eigenvalue weighted by Crippen LogP contribution is -2.14. The molecule has 1 aromatic heterocycles. The molecule has 0 fully saturated rings. The van der Waals surface area contributed by atoms with Crippen molar-refractivity contribution in [3.05, 3.63) is 5.82 Å². The molecule has 98 valence electrons. The summed E-state index contributed by atoms with van der Waals surface area (Å²) in [4.78, 5) is 0. The second-order valence-corrected chi connectivity index (χ2v) is 5.58. The topological polar surface area (TPSA) is 83.3 Å². The summed E-state index contributed by atoms with van der Waals surface area (Å²) in [6.07, 6.45) is 0. The van der Waals surface area contributed by atoms with Gasteiger partial charge in [-0.2, -0.15) is 0 Å². The molecule has 1 heterocycles. The Balaban J connectivity index is 3.02. The normalized spacial score (nSPS) is 11.9. The third kappa shape index (κ3) is 3.91. The molecule has 0 amide bonds. The summed E-state index contributed by atoms with van der Waals surface area (Å²) in [7, 11) is 2.85. The maximum Gasteiger partial charge on any atom is 0.296 e. The number of nitrogens with zero attached hydrogens (tertiary/aromatic N) is 3. The van der Waals surface area contributed by atoms with Gasteiger partial charge in [0.15, 0.2) is 5.82 Å². The molecule has 0 bridgehead atoms. The Morgan fingerprint density at radius 2 is 2.12 bits per heavy atom. The maximum absolute atomic E-state index is 11.3. The summed E-state index contributed by atoms with van der Waals surface area (Å²) in [5, 5.41) is 7.01. The van der Waals surface area contributed by atoms with Crippen molar-refractivity contribution < 1.29 is 17.9 Å². The first-order chi connectivity index (χ1) is 8.00. The van der Waals surface area contributed by atoms with Gasteiger partial charge in [0.25, 0.3) is 14.2 Å². The number of aromatic nitrogens is 3. The standard InChI is InChI=1S/C8H14ClN3O4S/c1-3-16-6-7-10-11-8(17(9,13)14)12(7)4-5-15-2/h3-6H2,1-2H3. The van der Waals surface area contributed by atoms with Gasteiger partial charge in [-0.15, -0.1) is 10.2 Å². The van der Waals surface area contributed by atoms with Crippen molar-refractivity contribution in [2.24, 2.45) is 0 Å². The molecule has 0 N–H and O–H groups in total. The van der Waals surface area contributed by atoms with Crippen molar-refractivity contribution in [2.45, 2.75) is 25.2 Å². The number of hydrogen-bond donors (Lipinski definition) is 0. The highest BCUT2D eigenvalue weighted by Crippen LogP contribution is 2.14. The van der Waals surface area contributed by atoms with E-state index in [-0.39, 0.29) is 11.8 Å². The molecule has 0 aliphatic rings. The molecule has 0 atom stereocenters. The number of halogens is 1. The maximum atomic E-state index is 11.3. The van der Waals surface area contributed by atoms with Gasteiger partial charge in [-0.05, 0) is 6.92 Å². The van der Waals surface area contributed by atoms with Gasteiger partial charge >= 0.3 is 0 Å². The lowest BCUT2D eigenvalue weighted by molar-refractivity contribution is 0.121. The molecule has 0 spiro atoms. The van der Waals surface area contributed by atoms with Crippen molar-refractivity contribution >= 4 is 19.7 Å². The zero-order valence-electron chi connectivity index (χ0n) is 9.59. The van der Waals surface area contributed by atoms with E-state index in [9.17, 15) is 8.42 Å². The number of hydrogen-bond acceptors (Lipinski definition) is 6. The SMILES string of the molecule is CCOCc1nnc(S(=O)(=O)Cl)n1CCOC. The van der Waals surface area contributed by atoms with Crippen LogP contribution in [0.15, 0.2) is 5.16 Å². The Kier molecular flexibility index (Phi) is 5.31. The van der Waals surface area contributed by atoms with Crippen LogP contribution >= 0.6 is 10.7 Å². The van der Waals surface area contributed by atoms with Crippen LogP contribution in [0.5, 0.6) is 0 Å². The van der Waals surface area contributed by atoms with Gasteiger partial charge in [0, 0.05) is 24.4 Å². The zero-order valence-corrected chi connectivity index (χ0v) is 11.2. The molecular weight excluding hydrogens is 270 g/mol. The van der Waals surface area contributed by atoms with E-state index in [0.29, 0.717) is 25.6 Å². The molecule has 7 nitrogen and oxygen atoms in total. The van der Waals surface area contributed by atoms with Crippen LogP contribution in [0.4, 0.5) is 0 Å². The van der Waals surface area contributed by atoms with E-state index in [1.165, 1.54) is 11.7 Å². The van der Waals surface area contributed by atoms with E-state index in [1.54, 1.807) is 0 Å². The predicted octanol–water partition coefficient (Wildman–Crippen LogP) is 0.389. The van der Waals surface area contributed by atoms with Crippen LogP contribution in [0.3, 0.4) is 0 Å². The Hall–Kier alpha value is -0.700. The first-order valence-electron chi connectivity index (χ1n) is 4.94. The summed E-state index contributed by atoms with van der Waals surface area (Å²) in [6, 6.07) is 0. The molecule has 0 saturated carbocycles. The van der Waals surface area contributed by atoms with Crippen molar-refractivity contribution in [3.63, 3.8) is 0 Å². The number of ether oxygens (including phenoxy) is 2. The molecule has 0 unspecified atom stereocenters. The van der Waals surface area contributed by atoms with Gasteiger partial charge < -0.3 is 9.47 Å². The average Bonchev–Trinajstić information content (AvgIpc) is 2.66. The molecule has 0 aromatic carbocycles. The fraction of sp³-hybridized carbons (Fsp3) is 0.750. The summed E-state index contributed by atoms with van der Waals surface area (Å²) in [5.74, 6) is 0.406. The third-order valence-electron chi connectivity index (χ3n) is 1.97. The molecule has 1 rings (SSSR count). The van der Waals surface area contributed by atoms with Gasteiger partial charge in [-0.1, -0.05) is 0 Å². The van der Waals surface area contributed by atoms with Crippen LogP contribution in [0.1, 0.15) is 12.7 Å². The minimum absolute atomic E-state index is 0.180. The van der Waals surface area contributed by atoms with Crippen LogP contribution in [-0.4, -0.2) is 43.5 Å². The van der Waals surface area contributed by atoms with Crippen LogP contribution in [0.25, 0.3) is 0 Å². The van der Waals surface area contributed by atoms with Crippen molar-refractivity contribution in [3.8, 4) is 0 Å². The Labute approximate surface area is 104 Å². The van der Waals surface area contributed by atoms with Crippen LogP contribution in [-0.2, 0) is 31.7 Å². The smallest absolute Gasteiger partial charge is 0.296 e. The molecule has 0 saturated heterocycles. The summed E-state index contributed by atoms with van der Waals surface area (Å²) < 4.78 is 34.0. The fourth-order valence-corrected chi connectivity index (χ4v) is 2.15. The highest BCUT2D eigenvalue weighted by Gasteiger charge is 2.22. The lowest BCUT2D eigenvalue weighted by Gasteiger charge is -2.07. The first-order valence-corrected chi connectivity index (χ1v) is 7.25. The largest absolute Gasteiger partial charge is 0.383 e. The van der Waals surface area contributed by atoms with E-state index in [2.05, 4.69) is 10.2 Å². The van der Waals surface area contributed by atoms with Gasteiger partial charge in [-0.25, -0.2) is 8.42 Å². The van der Waals surface area contributed by atoms with Gasteiger partial charge in [0.1, 0.15) is 6.61 Å². The second-order valence-electron chi connectivity index (χ2n) is 3.12. The van der Waals surface area contributed by atoms with Crippen LogP contribution in [0, 0.1) is 0 Å². The summed E-state index contributed by atoms with van der Waals surface area (Å²) in [5.41, 5.74) is 0. The third-order valence-corrected chi connectivity index (χ3v) is 3.12. The zero-order chi connectivity index (χ0) is 12.9. The van der Waals surface area contributed by atoms with E-state index in [1.807, 2.05) is 6.92 Å². The van der Waals surface area contributed by atoms with Crippen LogP contribution < -0.4 is 0 Å². The molecule has 1 aromatic rings. The Bertz CT molecular complexity index is 459. The molecule has 9 heteroatoms. The molecule has 0 aliphatic carbocycles. The van der Waals surface area contributed by atoms with Crippen molar-refractivity contribution in [2.75, 3.05) is 20.3 Å². The highest BCUT2D eigenvalue weighted by atomic mass is 35.7.